The van der Waals surface area contributed by atoms with E-state index in [1.807, 2.05) is 36.1 Å². The maximum atomic E-state index is 12.2. The van der Waals surface area contributed by atoms with E-state index in [9.17, 15) is 4.79 Å². The lowest BCUT2D eigenvalue weighted by Gasteiger charge is -2.38. The first-order valence-corrected chi connectivity index (χ1v) is 6.88. The lowest BCUT2D eigenvalue weighted by atomic mass is 9.90. The van der Waals surface area contributed by atoms with Crippen LogP contribution in [-0.2, 0) is 4.79 Å². The van der Waals surface area contributed by atoms with E-state index in [1.54, 1.807) is 0 Å². The zero-order valence-corrected chi connectivity index (χ0v) is 11.2. The van der Waals surface area contributed by atoms with Gasteiger partial charge in [-0.05, 0) is 43.9 Å². The molecule has 4 heteroatoms. The lowest BCUT2D eigenvalue weighted by molar-refractivity contribution is -0.133. The third kappa shape index (κ3) is 1.91. The highest BCUT2D eigenvalue weighted by molar-refractivity contribution is 6.30. The third-order valence-corrected chi connectivity index (χ3v) is 4.18. The molecule has 0 spiro atoms. The van der Waals surface area contributed by atoms with Gasteiger partial charge in [0.15, 0.2) is 0 Å². The number of carbonyl (C=O) groups is 1. The lowest BCUT2D eigenvalue weighted by Crippen LogP contribution is -2.43. The van der Waals surface area contributed by atoms with Gasteiger partial charge in [-0.1, -0.05) is 23.7 Å². The number of halogens is 1. The minimum atomic E-state index is -0.102. The van der Waals surface area contributed by atoms with Gasteiger partial charge in [-0.3, -0.25) is 10.1 Å². The molecular weight excluding hydrogens is 248 g/mol. The average Bonchev–Trinajstić information content (AvgIpc) is 2.56. The highest BCUT2D eigenvalue weighted by atomic mass is 35.5. The summed E-state index contributed by atoms with van der Waals surface area (Å²) in [4.78, 5) is 14.3. The van der Waals surface area contributed by atoms with Crippen LogP contribution in [0, 0.1) is 0 Å². The van der Waals surface area contributed by atoms with Gasteiger partial charge in [0.25, 0.3) is 0 Å². The molecule has 1 aliphatic heterocycles. The van der Waals surface area contributed by atoms with Crippen molar-refractivity contribution in [2.45, 2.75) is 44.4 Å². The SMILES string of the molecule is CC1NC(c2cccc(Cl)c2)N(C2CCC2)C1=O. The maximum absolute atomic E-state index is 12.2. The molecule has 0 aromatic heterocycles. The van der Waals surface area contributed by atoms with Gasteiger partial charge in [0, 0.05) is 11.1 Å². The summed E-state index contributed by atoms with van der Waals surface area (Å²) in [6.07, 6.45) is 3.45. The Labute approximate surface area is 112 Å². The number of rotatable bonds is 2. The molecule has 96 valence electrons. The molecule has 2 aliphatic rings. The van der Waals surface area contributed by atoms with Gasteiger partial charge >= 0.3 is 0 Å². The number of hydrogen-bond donors (Lipinski definition) is 1. The molecule has 1 aromatic rings. The fourth-order valence-electron chi connectivity index (χ4n) is 2.73. The molecule has 18 heavy (non-hydrogen) atoms. The minimum absolute atomic E-state index is 0.0171. The van der Waals surface area contributed by atoms with Crippen LogP contribution in [0.5, 0.6) is 0 Å². The molecule has 1 N–H and O–H groups in total. The van der Waals surface area contributed by atoms with Crippen LogP contribution < -0.4 is 5.32 Å². The van der Waals surface area contributed by atoms with Crippen LogP contribution in [0.3, 0.4) is 0 Å². The van der Waals surface area contributed by atoms with Gasteiger partial charge in [0.05, 0.1) is 6.04 Å². The Morgan fingerprint density at radius 2 is 2.17 bits per heavy atom. The average molecular weight is 265 g/mol. The van der Waals surface area contributed by atoms with Crippen LogP contribution in [-0.4, -0.2) is 22.9 Å². The molecule has 2 fully saturated rings. The summed E-state index contributed by atoms with van der Waals surface area (Å²) in [7, 11) is 0. The predicted molar refractivity (Wildman–Crippen MR) is 71.3 cm³/mol. The molecule has 2 atom stereocenters. The van der Waals surface area contributed by atoms with Crippen LogP contribution in [0.1, 0.15) is 37.9 Å². The highest BCUT2D eigenvalue weighted by Gasteiger charge is 2.42. The number of hydrogen-bond acceptors (Lipinski definition) is 2. The Balaban J connectivity index is 1.91. The second-order valence-electron chi connectivity index (χ2n) is 5.18. The summed E-state index contributed by atoms with van der Waals surface area (Å²) in [5, 5.41) is 4.08. The molecule has 1 heterocycles. The van der Waals surface area contributed by atoms with Gasteiger partial charge in [0.1, 0.15) is 6.17 Å². The fraction of sp³-hybridized carbons (Fsp3) is 0.500. The number of amides is 1. The number of nitrogens with one attached hydrogen (secondary N) is 1. The summed E-state index contributed by atoms with van der Waals surface area (Å²) in [5.74, 6) is 0.213. The Morgan fingerprint density at radius 1 is 1.39 bits per heavy atom. The first-order chi connectivity index (χ1) is 8.66. The van der Waals surface area contributed by atoms with E-state index in [-0.39, 0.29) is 18.1 Å². The molecule has 1 aliphatic carbocycles. The first-order valence-electron chi connectivity index (χ1n) is 6.50. The molecular formula is C14H17ClN2O. The summed E-state index contributed by atoms with van der Waals surface area (Å²) in [5.41, 5.74) is 1.08. The summed E-state index contributed by atoms with van der Waals surface area (Å²) >= 11 is 6.04. The number of benzene rings is 1. The van der Waals surface area contributed by atoms with Gasteiger partial charge in [-0.2, -0.15) is 0 Å². The second kappa shape index (κ2) is 4.56. The van der Waals surface area contributed by atoms with E-state index in [1.165, 1.54) is 6.42 Å². The van der Waals surface area contributed by atoms with Crippen molar-refractivity contribution in [3.05, 3.63) is 34.9 Å². The zero-order valence-electron chi connectivity index (χ0n) is 10.4. The van der Waals surface area contributed by atoms with Crippen molar-refractivity contribution < 1.29 is 4.79 Å². The zero-order chi connectivity index (χ0) is 12.7. The second-order valence-corrected chi connectivity index (χ2v) is 5.61. The molecule has 1 saturated carbocycles. The van der Waals surface area contributed by atoms with Gasteiger partial charge in [-0.15, -0.1) is 0 Å². The largest absolute Gasteiger partial charge is 0.319 e. The molecule has 3 rings (SSSR count). The van der Waals surface area contributed by atoms with Gasteiger partial charge in [-0.25, -0.2) is 0 Å². The first kappa shape index (κ1) is 12.0. The predicted octanol–water partition coefficient (Wildman–Crippen LogP) is 2.71. The van der Waals surface area contributed by atoms with E-state index in [2.05, 4.69) is 5.32 Å². The van der Waals surface area contributed by atoms with Crippen molar-refractivity contribution in [3.8, 4) is 0 Å². The van der Waals surface area contributed by atoms with Crippen molar-refractivity contribution in [1.29, 1.82) is 0 Å². The number of nitrogens with zero attached hydrogens (tertiary/aromatic N) is 1. The smallest absolute Gasteiger partial charge is 0.241 e. The molecule has 0 radical (unpaired) electrons. The van der Waals surface area contributed by atoms with Crippen molar-refractivity contribution in [1.82, 2.24) is 10.2 Å². The molecule has 1 aromatic carbocycles. The fourth-order valence-corrected chi connectivity index (χ4v) is 2.93. The van der Waals surface area contributed by atoms with Crippen LogP contribution in [0.25, 0.3) is 0 Å². The van der Waals surface area contributed by atoms with Crippen LogP contribution in [0.2, 0.25) is 5.02 Å². The van der Waals surface area contributed by atoms with Crippen LogP contribution >= 0.6 is 11.6 Å². The van der Waals surface area contributed by atoms with Crippen LogP contribution in [0.4, 0.5) is 0 Å². The topological polar surface area (TPSA) is 32.3 Å². The quantitative estimate of drug-likeness (QED) is 0.891. The summed E-state index contributed by atoms with van der Waals surface area (Å²) < 4.78 is 0. The molecule has 0 bridgehead atoms. The Bertz CT molecular complexity index is 473. The van der Waals surface area contributed by atoms with Gasteiger partial charge in [0.2, 0.25) is 5.91 Å². The Kier molecular flexibility index (Phi) is 3.04. The Morgan fingerprint density at radius 3 is 2.78 bits per heavy atom. The van der Waals surface area contributed by atoms with Crippen molar-refractivity contribution >= 4 is 17.5 Å². The molecule has 2 unspecified atom stereocenters. The summed E-state index contributed by atoms with van der Waals surface area (Å²) in [6.45, 7) is 1.93. The maximum Gasteiger partial charge on any atom is 0.241 e. The molecule has 3 nitrogen and oxygen atoms in total. The van der Waals surface area contributed by atoms with E-state index < -0.39 is 0 Å². The van der Waals surface area contributed by atoms with E-state index in [4.69, 9.17) is 11.6 Å². The standard InChI is InChI=1S/C14H17ClN2O/c1-9-14(18)17(12-6-3-7-12)13(16-9)10-4-2-5-11(15)8-10/h2,4-5,8-9,12-13,16H,3,6-7H2,1H3. The minimum Gasteiger partial charge on any atom is -0.319 e. The third-order valence-electron chi connectivity index (χ3n) is 3.94. The summed E-state index contributed by atoms with van der Waals surface area (Å²) in [6, 6.07) is 8.06. The monoisotopic (exact) mass is 264 g/mol. The van der Waals surface area contributed by atoms with Crippen LogP contribution in [0.15, 0.2) is 24.3 Å². The van der Waals surface area contributed by atoms with Gasteiger partial charge < -0.3 is 4.90 Å². The van der Waals surface area contributed by atoms with Crippen molar-refractivity contribution in [2.75, 3.05) is 0 Å². The molecule has 1 amide bonds. The van der Waals surface area contributed by atoms with Crippen molar-refractivity contribution in [2.24, 2.45) is 0 Å². The highest BCUT2D eigenvalue weighted by Crippen LogP contribution is 2.35. The molecule has 1 saturated heterocycles. The number of carbonyl (C=O) groups excluding carboxylic acids is 1. The van der Waals surface area contributed by atoms with E-state index >= 15 is 0 Å². The Hall–Kier alpha value is -1.06. The van der Waals surface area contributed by atoms with E-state index in [0.717, 1.165) is 23.4 Å². The van der Waals surface area contributed by atoms with Crippen molar-refractivity contribution in [3.63, 3.8) is 0 Å². The van der Waals surface area contributed by atoms with E-state index in [0.29, 0.717) is 6.04 Å². The normalized spacial score (nSPS) is 28.6.